The summed E-state index contributed by atoms with van der Waals surface area (Å²) in [5.41, 5.74) is 1.34. The molecular formula is C12H20BrNOS. The van der Waals surface area contributed by atoms with Gasteiger partial charge in [0.15, 0.2) is 0 Å². The highest BCUT2D eigenvalue weighted by Crippen LogP contribution is 2.20. The van der Waals surface area contributed by atoms with Gasteiger partial charge in [0.25, 0.3) is 0 Å². The van der Waals surface area contributed by atoms with E-state index in [2.05, 4.69) is 39.6 Å². The Labute approximate surface area is 111 Å². The average molecular weight is 306 g/mol. The fraction of sp³-hybridized carbons (Fsp3) is 0.667. The lowest BCUT2D eigenvalue weighted by Gasteiger charge is -2.17. The molecule has 0 bridgehead atoms. The van der Waals surface area contributed by atoms with Gasteiger partial charge < -0.3 is 10.1 Å². The minimum atomic E-state index is 0.476. The van der Waals surface area contributed by atoms with Crippen molar-refractivity contribution in [3.05, 3.63) is 20.8 Å². The molecule has 1 N–H and O–H groups in total. The molecular weight excluding hydrogens is 286 g/mol. The van der Waals surface area contributed by atoms with Crippen molar-refractivity contribution in [1.29, 1.82) is 0 Å². The van der Waals surface area contributed by atoms with E-state index in [1.807, 2.05) is 0 Å². The zero-order valence-corrected chi connectivity index (χ0v) is 12.4. The minimum Gasteiger partial charge on any atom is -0.383 e. The Kier molecular flexibility index (Phi) is 7.28. The van der Waals surface area contributed by atoms with Crippen LogP contribution in [0.25, 0.3) is 0 Å². The van der Waals surface area contributed by atoms with Crippen LogP contribution in [-0.4, -0.2) is 19.8 Å². The van der Waals surface area contributed by atoms with Gasteiger partial charge in [0.1, 0.15) is 0 Å². The fourth-order valence-corrected chi connectivity index (χ4v) is 2.81. The molecule has 1 heterocycles. The first-order valence-corrected chi connectivity index (χ1v) is 7.38. The maximum Gasteiger partial charge on any atom is 0.0701 e. The Morgan fingerprint density at radius 2 is 2.38 bits per heavy atom. The SMILES string of the molecule is CCCCC(COC)NCc1csc(Br)c1. The third-order valence-electron chi connectivity index (χ3n) is 2.49. The van der Waals surface area contributed by atoms with Gasteiger partial charge >= 0.3 is 0 Å². The van der Waals surface area contributed by atoms with Gasteiger partial charge in [-0.1, -0.05) is 19.8 Å². The van der Waals surface area contributed by atoms with Crippen LogP contribution in [0.5, 0.6) is 0 Å². The number of methoxy groups -OCH3 is 1. The van der Waals surface area contributed by atoms with Crippen molar-refractivity contribution in [2.45, 2.75) is 38.8 Å². The molecule has 16 heavy (non-hydrogen) atoms. The molecule has 0 spiro atoms. The van der Waals surface area contributed by atoms with E-state index < -0.39 is 0 Å². The summed E-state index contributed by atoms with van der Waals surface area (Å²) < 4.78 is 6.42. The van der Waals surface area contributed by atoms with Crippen LogP contribution in [-0.2, 0) is 11.3 Å². The quantitative estimate of drug-likeness (QED) is 0.788. The van der Waals surface area contributed by atoms with Crippen molar-refractivity contribution >= 4 is 27.3 Å². The number of rotatable bonds is 8. The first-order chi connectivity index (χ1) is 7.76. The van der Waals surface area contributed by atoms with Crippen LogP contribution >= 0.6 is 27.3 Å². The molecule has 1 rings (SSSR count). The predicted octanol–water partition coefficient (Wildman–Crippen LogP) is 3.81. The van der Waals surface area contributed by atoms with Crippen LogP contribution in [0.1, 0.15) is 31.7 Å². The summed E-state index contributed by atoms with van der Waals surface area (Å²) in [4.78, 5) is 0. The Morgan fingerprint density at radius 3 is 2.94 bits per heavy atom. The number of nitrogens with one attached hydrogen (secondary N) is 1. The number of ether oxygens (including phenoxy) is 1. The van der Waals surface area contributed by atoms with E-state index in [0.717, 1.165) is 13.2 Å². The number of thiophene rings is 1. The molecule has 0 aliphatic rings. The maximum absolute atomic E-state index is 5.23. The summed E-state index contributed by atoms with van der Waals surface area (Å²) in [6, 6.07) is 2.64. The highest BCUT2D eigenvalue weighted by Gasteiger charge is 2.07. The standard InChI is InChI=1S/C12H20BrNOS/c1-3-4-5-11(8-15-2)14-7-10-6-12(13)16-9-10/h6,9,11,14H,3-5,7-8H2,1-2H3. The van der Waals surface area contributed by atoms with E-state index in [9.17, 15) is 0 Å². The zero-order chi connectivity index (χ0) is 11.8. The number of unbranched alkanes of at least 4 members (excludes halogenated alkanes) is 1. The van der Waals surface area contributed by atoms with E-state index in [-0.39, 0.29) is 0 Å². The molecule has 1 unspecified atom stereocenters. The van der Waals surface area contributed by atoms with Gasteiger partial charge in [-0.25, -0.2) is 0 Å². The van der Waals surface area contributed by atoms with Crippen molar-refractivity contribution in [3.63, 3.8) is 0 Å². The lowest BCUT2D eigenvalue weighted by Crippen LogP contribution is -2.32. The van der Waals surface area contributed by atoms with E-state index in [1.54, 1.807) is 18.4 Å². The second kappa shape index (κ2) is 8.23. The van der Waals surface area contributed by atoms with Gasteiger partial charge in [0.05, 0.1) is 10.4 Å². The summed E-state index contributed by atoms with van der Waals surface area (Å²) in [5.74, 6) is 0. The van der Waals surface area contributed by atoms with Crippen LogP contribution in [0.3, 0.4) is 0 Å². The van der Waals surface area contributed by atoms with Crippen molar-refractivity contribution in [2.75, 3.05) is 13.7 Å². The normalized spacial score (nSPS) is 12.9. The molecule has 0 fully saturated rings. The molecule has 0 aliphatic carbocycles. The van der Waals surface area contributed by atoms with Crippen molar-refractivity contribution in [3.8, 4) is 0 Å². The number of halogens is 1. The minimum absolute atomic E-state index is 0.476. The summed E-state index contributed by atoms with van der Waals surface area (Å²) >= 11 is 5.21. The summed E-state index contributed by atoms with van der Waals surface area (Å²) in [5, 5.41) is 5.73. The molecule has 1 atom stereocenters. The van der Waals surface area contributed by atoms with Gasteiger partial charge in [0.2, 0.25) is 0 Å². The van der Waals surface area contributed by atoms with Crippen molar-refractivity contribution in [2.24, 2.45) is 0 Å². The molecule has 92 valence electrons. The van der Waals surface area contributed by atoms with Crippen molar-refractivity contribution < 1.29 is 4.74 Å². The monoisotopic (exact) mass is 305 g/mol. The van der Waals surface area contributed by atoms with Gasteiger partial charge in [-0.05, 0) is 39.4 Å². The van der Waals surface area contributed by atoms with E-state index in [0.29, 0.717) is 6.04 Å². The van der Waals surface area contributed by atoms with Crippen LogP contribution in [0.4, 0.5) is 0 Å². The van der Waals surface area contributed by atoms with Gasteiger partial charge in [0, 0.05) is 19.7 Å². The Bertz CT molecular complexity index is 290. The van der Waals surface area contributed by atoms with Gasteiger partial charge in [-0.2, -0.15) is 0 Å². The first kappa shape index (κ1) is 14.2. The summed E-state index contributed by atoms with van der Waals surface area (Å²) in [7, 11) is 1.77. The molecule has 0 aromatic carbocycles. The molecule has 0 radical (unpaired) electrons. The van der Waals surface area contributed by atoms with E-state index in [1.165, 1.54) is 28.6 Å². The third-order valence-corrected chi connectivity index (χ3v) is 4.04. The first-order valence-electron chi connectivity index (χ1n) is 5.71. The molecule has 1 aromatic heterocycles. The average Bonchev–Trinajstić information content (AvgIpc) is 2.68. The topological polar surface area (TPSA) is 21.3 Å². The molecule has 0 saturated heterocycles. The summed E-state index contributed by atoms with van der Waals surface area (Å²) in [6.07, 6.45) is 3.69. The van der Waals surface area contributed by atoms with Gasteiger partial charge in [-0.3, -0.25) is 0 Å². The molecule has 0 aliphatic heterocycles. The smallest absolute Gasteiger partial charge is 0.0701 e. The Balaban J connectivity index is 2.30. The second-order valence-electron chi connectivity index (χ2n) is 3.93. The Hall–Kier alpha value is 0.100. The molecule has 0 saturated carbocycles. The van der Waals surface area contributed by atoms with E-state index >= 15 is 0 Å². The van der Waals surface area contributed by atoms with Crippen LogP contribution in [0.2, 0.25) is 0 Å². The lowest BCUT2D eigenvalue weighted by molar-refractivity contribution is 0.160. The second-order valence-corrected chi connectivity index (χ2v) is 6.22. The number of hydrogen-bond acceptors (Lipinski definition) is 3. The summed E-state index contributed by atoms with van der Waals surface area (Å²) in [6.45, 7) is 3.95. The van der Waals surface area contributed by atoms with Crippen LogP contribution in [0, 0.1) is 0 Å². The highest BCUT2D eigenvalue weighted by atomic mass is 79.9. The lowest BCUT2D eigenvalue weighted by atomic mass is 10.1. The number of hydrogen-bond donors (Lipinski definition) is 1. The molecule has 4 heteroatoms. The fourth-order valence-electron chi connectivity index (χ4n) is 1.60. The van der Waals surface area contributed by atoms with Crippen LogP contribution in [0.15, 0.2) is 15.2 Å². The largest absolute Gasteiger partial charge is 0.383 e. The van der Waals surface area contributed by atoms with Crippen LogP contribution < -0.4 is 5.32 Å². The van der Waals surface area contributed by atoms with Gasteiger partial charge in [-0.15, -0.1) is 11.3 Å². The third kappa shape index (κ3) is 5.43. The Morgan fingerprint density at radius 1 is 1.56 bits per heavy atom. The van der Waals surface area contributed by atoms with Crippen molar-refractivity contribution in [1.82, 2.24) is 5.32 Å². The molecule has 1 aromatic rings. The highest BCUT2D eigenvalue weighted by molar-refractivity contribution is 9.11. The zero-order valence-electron chi connectivity index (χ0n) is 9.96. The van der Waals surface area contributed by atoms with E-state index in [4.69, 9.17) is 4.74 Å². The molecule has 0 amide bonds. The maximum atomic E-state index is 5.23. The molecule has 2 nitrogen and oxygen atoms in total. The predicted molar refractivity (Wildman–Crippen MR) is 74.0 cm³/mol.